The maximum Gasteiger partial charge on any atom is 0.243 e. The fourth-order valence-electron chi connectivity index (χ4n) is 2.84. The molecule has 2 heterocycles. The van der Waals surface area contributed by atoms with Gasteiger partial charge in [-0.05, 0) is 19.1 Å². The van der Waals surface area contributed by atoms with Gasteiger partial charge in [-0.1, -0.05) is 11.6 Å². The first-order valence-electron chi connectivity index (χ1n) is 7.72. The molecule has 1 N–H and O–H groups in total. The standard InChI is InChI=1S/C15H19ClN2O5S/c1-2-23-14-5-12(3-4-13(14)16)24(20,21)18-6-10-8-22-9-11(7-18)17-15(10)19/h3-5,10-11H,2,6-9H2,1H3,(H,17,19)/t10-,11+/m1/s1. The number of amides is 1. The maximum absolute atomic E-state index is 13.0. The third-order valence-electron chi connectivity index (χ3n) is 4.04. The van der Waals surface area contributed by atoms with E-state index in [1.54, 1.807) is 6.92 Å². The van der Waals surface area contributed by atoms with E-state index in [0.29, 0.717) is 24.0 Å². The molecule has 0 aromatic heterocycles. The van der Waals surface area contributed by atoms with E-state index in [9.17, 15) is 13.2 Å². The van der Waals surface area contributed by atoms with Gasteiger partial charge in [0.2, 0.25) is 15.9 Å². The number of sulfonamides is 1. The van der Waals surface area contributed by atoms with Crippen molar-refractivity contribution < 1.29 is 22.7 Å². The molecule has 3 rings (SSSR count). The van der Waals surface area contributed by atoms with Gasteiger partial charge < -0.3 is 14.8 Å². The zero-order chi connectivity index (χ0) is 17.3. The van der Waals surface area contributed by atoms with E-state index in [2.05, 4.69) is 5.32 Å². The average Bonchev–Trinajstić information content (AvgIpc) is 2.78. The Balaban J connectivity index is 1.93. The van der Waals surface area contributed by atoms with Crippen LogP contribution in [0, 0.1) is 5.92 Å². The molecule has 0 radical (unpaired) electrons. The van der Waals surface area contributed by atoms with E-state index in [1.165, 1.54) is 22.5 Å². The molecular weight excluding hydrogens is 356 g/mol. The molecule has 2 fully saturated rings. The Morgan fingerprint density at radius 1 is 1.38 bits per heavy atom. The van der Waals surface area contributed by atoms with Gasteiger partial charge in [-0.25, -0.2) is 8.42 Å². The van der Waals surface area contributed by atoms with Crippen LogP contribution in [-0.4, -0.2) is 57.6 Å². The highest BCUT2D eigenvalue weighted by Gasteiger charge is 2.38. The fourth-order valence-corrected chi connectivity index (χ4v) is 4.56. The van der Waals surface area contributed by atoms with Crippen molar-refractivity contribution in [1.29, 1.82) is 0 Å². The summed E-state index contributed by atoms with van der Waals surface area (Å²) in [5.41, 5.74) is 0. The van der Waals surface area contributed by atoms with E-state index >= 15 is 0 Å². The highest BCUT2D eigenvalue weighted by atomic mass is 35.5. The van der Waals surface area contributed by atoms with Crippen LogP contribution in [0.1, 0.15) is 6.92 Å². The van der Waals surface area contributed by atoms with Crippen LogP contribution in [0.3, 0.4) is 0 Å². The normalized spacial score (nSPS) is 25.0. The monoisotopic (exact) mass is 374 g/mol. The predicted molar refractivity (Wildman–Crippen MR) is 87.6 cm³/mol. The summed E-state index contributed by atoms with van der Waals surface area (Å²) in [6, 6.07) is 4.03. The predicted octanol–water partition coefficient (Wildman–Crippen LogP) is 0.874. The van der Waals surface area contributed by atoms with Crippen molar-refractivity contribution in [3.8, 4) is 5.75 Å². The van der Waals surface area contributed by atoms with Gasteiger partial charge in [0.25, 0.3) is 0 Å². The Morgan fingerprint density at radius 2 is 2.17 bits per heavy atom. The highest BCUT2D eigenvalue weighted by Crippen LogP contribution is 2.30. The topological polar surface area (TPSA) is 84.9 Å². The quantitative estimate of drug-likeness (QED) is 0.845. The van der Waals surface area contributed by atoms with Gasteiger partial charge in [0, 0.05) is 19.2 Å². The van der Waals surface area contributed by atoms with Gasteiger partial charge in [-0.3, -0.25) is 4.79 Å². The molecule has 2 aliphatic rings. The third kappa shape index (κ3) is 3.37. The Kier molecular flexibility index (Phi) is 5.00. The molecular formula is C15H19ClN2O5S. The number of benzene rings is 1. The van der Waals surface area contributed by atoms with Crippen LogP contribution in [0.4, 0.5) is 0 Å². The molecule has 1 aromatic rings. The van der Waals surface area contributed by atoms with Crippen molar-refractivity contribution >= 4 is 27.5 Å². The number of nitrogens with one attached hydrogen (secondary N) is 1. The first kappa shape index (κ1) is 17.5. The average molecular weight is 375 g/mol. The molecule has 2 aliphatic heterocycles. The van der Waals surface area contributed by atoms with Crippen LogP contribution in [0.2, 0.25) is 5.02 Å². The summed E-state index contributed by atoms with van der Waals surface area (Å²) in [6.07, 6.45) is 0. The third-order valence-corrected chi connectivity index (χ3v) is 6.18. The van der Waals surface area contributed by atoms with Crippen LogP contribution < -0.4 is 10.1 Å². The zero-order valence-corrected chi connectivity index (χ0v) is 14.8. The minimum Gasteiger partial charge on any atom is -0.492 e. The van der Waals surface area contributed by atoms with Crippen LogP contribution in [0.15, 0.2) is 23.1 Å². The summed E-state index contributed by atoms with van der Waals surface area (Å²) < 4.78 is 38.1. The first-order valence-corrected chi connectivity index (χ1v) is 9.54. The van der Waals surface area contributed by atoms with Crippen molar-refractivity contribution in [3.05, 3.63) is 23.2 Å². The fraction of sp³-hybridized carbons (Fsp3) is 0.533. The minimum absolute atomic E-state index is 0.0945. The molecule has 2 atom stereocenters. The summed E-state index contributed by atoms with van der Waals surface area (Å²) in [7, 11) is -3.76. The highest BCUT2D eigenvalue weighted by molar-refractivity contribution is 7.89. The van der Waals surface area contributed by atoms with Gasteiger partial charge in [-0.15, -0.1) is 0 Å². The lowest BCUT2D eigenvalue weighted by molar-refractivity contribution is -0.125. The number of fused-ring (bicyclic) bond motifs is 3. The van der Waals surface area contributed by atoms with Gasteiger partial charge in [0.15, 0.2) is 0 Å². The Bertz CT molecular complexity index is 739. The van der Waals surface area contributed by atoms with Crippen molar-refractivity contribution in [3.63, 3.8) is 0 Å². The molecule has 1 aromatic carbocycles. The van der Waals surface area contributed by atoms with Crippen LogP contribution in [-0.2, 0) is 19.6 Å². The number of ether oxygens (including phenoxy) is 2. The number of rotatable bonds is 4. The molecule has 0 spiro atoms. The smallest absolute Gasteiger partial charge is 0.243 e. The molecule has 7 nitrogen and oxygen atoms in total. The summed E-state index contributed by atoms with van der Waals surface area (Å²) in [5.74, 6) is -0.347. The van der Waals surface area contributed by atoms with Crippen molar-refractivity contribution in [2.24, 2.45) is 5.92 Å². The first-order chi connectivity index (χ1) is 11.4. The summed E-state index contributed by atoms with van der Waals surface area (Å²) in [5, 5.41) is 3.17. The number of halogens is 1. The molecule has 24 heavy (non-hydrogen) atoms. The lowest BCUT2D eigenvalue weighted by Gasteiger charge is -2.27. The summed E-state index contributed by atoms with van der Waals surface area (Å²) in [6.45, 7) is 2.98. The molecule has 0 saturated carbocycles. The number of hydrogen-bond donors (Lipinski definition) is 1. The van der Waals surface area contributed by atoms with E-state index in [1.807, 2.05) is 0 Å². The maximum atomic E-state index is 13.0. The zero-order valence-electron chi connectivity index (χ0n) is 13.2. The minimum atomic E-state index is -3.76. The lowest BCUT2D eigenvalue weighted by atomic mass is 10.1. The van der Waals surface area contributed by atoms with E-state index < -0.39 is 15.9 Å². The largest absolute Gasteiger partial charge is 0.492 e. The van der Waals surface area contributed by atoms with Crippen molar-refractivity contribution in [2.45, 2.75) is 17.9 Å². The molecule has 9 heteroatoms. The molecule has 0 aliphatic carbocycles. The Morgan fingerprint density at radius 3 is 2.92 bits per heavy atom. The van der Waals surface area contributed by atoms with Crippen molar-refractivity contribution in [1.82, 2.24) is 9.62 Å². The van der Waals surface area contributed by atoms with Gasteiger partial charge in [-0.2, -0.15) is 4.31 Å². The second-order valence-corrected chi connectivity index (χ2v) is 8.13. The molecule has 0 unspecified atom stereocenters. The second-order valence-electron chi connectivity index (χ2n) is 5.79. The van der Waals surface area contributed by atoms with Crippen LogP contribution in [0.5, 0.6) is 5.75 Å². The molecule has 2 saturated heterocycles. The van der Waals surface area contributed by atoms with E-state index in [4.69, 9.17) is 21.1 Å². The van der Waals surface area contributed by atoms with Gasteiger partial charge in [0.1, 0.15) is 5.75 Å². The molecule has 2 bridgehead atoms. The SMILES string of the molecule is CCOc1cc(S(=O)(=O)N2C[C@H]3COC[C@@H](C2)C(=O)N3)ccc1Cl. The summed E-state index contributed by atoms with van der Waals surface area (Å²) in [4.78, 5) is 12.1. The van der Waals surface area contributed by atoms with Gasteiger partial charge in [0.05, 0.1) is 41.7 Å². The van der Waals surface area contributed by atoms with Crippen molar-refractivity contribution in [2.75, 3.05) is 32.9 Å². The molecule has 132 valence electrons. The lowest BCUT2D eigenvalue weighted by Crippen LogP contribution is -2.44. The van der Waals surface area contributed by atoms with E-state index in [-0.39, 0.29) is 36.5 Å². The Hall–Kier alpha value is -1.35. The van der Waals surface area contributed by atoms with E-state index in [0.717, 1.165) is 0 Å². The number of nitrogens with zero attached hydrogens (tertiary/aromatic N) is 1. The summed E-state index contributed by atoms with van der Waals surface area (Å²) >= 11 is 6.03. The van der Waals surface area contributed by atoms with Crippen LogP contribution >= 0.6 is 11.6 Å². The number of carbonyl (C=O) groups is 1. The Labute approximate surface area is 145 Å². The van der Waals surface area contributed by atoms with Gasteiger partial charge >= 0.3 is 0 Å². The number of carbonyl (C=O) groups excluding carboxylic acids is 1. The van der Waals surface area contributed by atoms with Crippen LogP contribution in [0.25, 0.3) is 0 Å². The molecule has 1 amide bonds. The second kappa shape index (κ2) is 6.87. The number of hydrogen-bond acceptors (Lipinski definition) is 5.